The van der Waals surface area contributed by atoms with Crippen molar-refractivity contribution in [2.24, 2.45) is 5.73 Å². The molecule has 0 saturated carbocycles. The van der Waals surface area contributed by atoms with E-state index in [-0.39, 0.29) is 29.2 Å². The summed E-state index contributed by atoms with van der Waals surface area (Å²) < 4.78 is 22.7. The normalized spacial score (nSPS) is 14.4. The summed E-state index contributed by atoms with van der Waals surface area (Å²) in [6.07, 6.45) is 7.49. The van der Waals surface area contributed by atoms with E-state index >= 15 is 4.39 Å². The summed E-state index contributed by atoms with van der Waals surface area (Å²) in [6.45, 7) is 3.86. The molecular weight excluding hydrogens is 445 g/mol. The third kappa shape index (κ3) is 5.19. The maximum atomic E-state index is 15.4. The van der Waals surface area contributed by atoms with Crippen LogP contribution < -0.4 is 20.8 Å². The van der Waals surface area contributed by atoms with E-state index in [4.69, 9.17) is 10.5 Å². The van der Waals surface area contributed by atoms with Crippen LogP contribution in [0.1, 0.15) is 57.9 Å². The number of benzene rings is 2. The van der Waals surface area contributed by atoms with Crippen LogP contribution in [0.2, 0.25) is 0 Å². The van der Waals surface area contributed by atoms with E-state index in [1.54, 1.807) is 25.3 Å². The van der Waals surface area contributed by atoms with E-state index in [2.05, 4.69) is 11.8 Å². The highest BCUT2D eigenvalue weighted by Gasteiger charge is 2.25. The van der Waals surface area contributed by atoms with Gasteiger partial charge in [0.05, 0.1) is 23.7 Å². The number of unbranched alkanes of at least 4 members (excludes halogenated alkanes) is 1. The molecule has 0 bridgehead atoms. The molecule has 1 aliphatic heterocycles. The van der Waals surface area contributed by atoms with Gasteiger partial charge >= 0.3 is 0 Å². The first kappa shape index (κ1) is 24.8. The molecule has 4 rings (SSSR count). The summed E-state index contributed by atoms with van der Waals surface area (Å²) in [7, 11) is 1.59. The minimum atomic E-state index is -0.527. The first-order chi connectivity index (χ1) is 16.9. The Hall–Kier alpha value is -3.35. The lowest BCUT2D eigenvalue weighted by atomic mass is 9.99. The Morgan fingerprint density at radius 3 is 2.46 bits per heavy atom. The molecule has 35 heavy (non-hydrogen) atoms. The van der Waals surface area contributed by atoms with Crippen LogP contribution in [0.4, 0.5) is 10.1 Å². The molecule has 1 amide bonds. The van der Waals surface area contributed by atoms with Crippen LogP contribution in [-0.4, -0.2) is 30.7 Å². The molecule has 1 aliphatic rings. The van der Waals surface area contributed by atoms with Crippen molar-refractivity contribution in [3.05, 3.63) is 58.6 Å². The maximum absolute atomic E-state index is 15.4. The average molecular weight is 480 g/mol. The first-order valence-electron chi connectivity index (χ1n) is 12.5. The van der Waals surface area contributed by atoms with Crippen LogP contribution >= 0.6 is 0 Å². The third-order valence-corrected chi connectivity index (χ3v) is 6.96. The largest absolute Gasteiger partial charge is 0.497 e. The van der Waals surface area contributed by atoms with Crippen molar-refractivity contribution in [3.63, 3.8) is 0 Å². The van der Waals surface area contributed by atoms with Gasteiger partial charge in [0.1, 0.15) is 11.6 Å². The predicted octanol–water partition coefficient (Wildman–Crippen LogP) is 5.41. The summed E-state index contributed by atoms with van der Waals surface area (Å²) in [4.78, 5) is 27.7. The molecule has 1 saturated heterocycles. The Balaban J connectivity index is 2.00. The zero-order valence-corrected chi connectivity index (χ0v) is 20.6. The second kappa shape index (κ2) is 10.9. The number of halogens is 1. The number of nitrogens with two attached hydrogens (primary N) is 1. The monoisotopic (exact) mass is 479 g/mol. The number of amides is 1. The van der Waals surface area contributed by atoms with Gasteiger partial charge in [-0.25, -0.2) is 4.39 Å². The fourth-order valence-electron chi connectivity index (χ4n) is 5.08. The van der Waals surface area contributed by atoms with Gasteiger partial charge in [-0.05, 0) is 55.5 Å². The second-order valence-corrected chi connectivity index (χ2v) is 9.29. The molecule has 7 heteroatoms. The highest BCUT2D eigenvalue weighted by atomic mass is 19.1. The highest BCUT2D eigenvalue weighted by molar-refractivity contribution is 5.94. The Labute approximate surface area is 205 Å². The molecular formula is C28H34FN3O3. The van der Waals surface area contributed by atoms with Crippen molar-refractivity contribution in [1.29, 1.82) is 0 Å². The lowest BCUT2D eigenvalue weighted by molar-refractivity contribution is -0.118. The molecule has 1 atom stereocenters. The van der Waals surface area contributed by atoms with Crippen LogP contribution in [-0.2, 0) is 4.79 Å². The SMILES string of the molecule is CCCCC(CCC(N)=O)n1cc(-c2ccc(OC)cc2)c(=O)c2c(F)ccc(N3CCCC3)c21. The van der Waals surface area contributed by atoms with Gasteiger partial charge in [0, 0.05) is 37.3 Å². The second-order valence-electron chi connectivity index (χ2n) is 9.29. The van der Waals surface area contributed by atoms with Crippen molar-refractivity contribution < 1.29 is 13.9 Å². The number of hydrogen-bond acceptors (Lipinski definition) is 4. The Morgan fingerprint density at radius 1 is 1.11 bits per heavy atom. The van der Waals surface area contributed by atoms with Crippen molar-refractivity contribution in [3.8, 4) is 16.9 Å². The number of ether oxygens (including phenoxy) is 1. The molecule has 3 aromatic rings. The van der Waals surface area contributed by atoms with E-state index in [1.807, 2.05) is 22.9 Å². The Morgan fingerprint density at radius 2 is 1.83 bits per heavy atom. The van der Waals surface area contributed by atoms with Gasteiger partial charge in [0.15, 0.2) is 5.43 Å². The Kier molecular flexibility index (Phi) is 7.73. The summed E-state index contributed by atoms with van der Waals surface area (Å²) in [5.74, 6) is -0.209. The minimum Gasteiger partial charge on any atom is -0.497 e. The van der Waals surface area contributed by atoms with Crippen LogP contribution in [0.3, 0.4) is 0 Å². The van der Waals surface area contributed by atoms with Gasteiger partial charge in [0.25, 0.3) is 0 Å². The van der Waals surface area contributed by atoms with Crippen molar-refractivity contribution in [1.82, 2.24) is 4.57 Å². The number of carbonyl (C=O) groups is 1. The summed E-state index contributed by atoms with van der Waals surface area (Å²) in [5, 5.41) is 0.100. The molecule has 186 valence electrons. The number of hydrogen-bond donors (Lipinski definition) is 1. The average Bonchev–Trinajstić information content (AvgIpc) is 3.39. The minimum absolute atomic E-state index is 0.0919. The highest BCUT2D eigenvalue weighted by Crippen LogP contribution is 2.36. The number of aromatic nitrogens is 1. The summed E-state index contributed by atoms with van der Waals surface area (Å²) in [5.41, 5.74) is 7.79. The maximum Gasteiger partial charge on any atom is 0.217 e. The van der Waals surface area contributed by atoms with Gasteiger partial charge in [-0.3, -0.25) is 9.59 Å². The van der Waals surface area contributed by atoms with Gasteiger partial charge in [-0.2, -0.15) is 0 Å². The smallest absolute Gasteiger partial charge is 0.217 e. The molecule has 0 aliphatic carbocycles. The van der Waals surface area contributed by atoms with Gasteiger partial charge < -0.3 is 19.9 Å². The van der Waals surface area contributed by atoms with E-state index in [9.17, 15) is 9.59 Å². The van der Waals surface area contributed by atoms with Crippen molar-refractivity contribution >= 4 is 22.5 Å². The number of anilines is 1. The quantitative estimate of drug-likeness (QED) is 0.422. The number of carbonyl (C=O) groups excluding carboxylic acids is 1. The number of nitrogens with zero attached hydrogens (tertiary/aromatic N) is 2. The molecule has 2 N–H and O–H groups in total. The summed E-state index contributed by atoms with van der Waals surface area (Å²) in [6, 6.07) is 10.3. The molecule has 1 unspecified atom stereocenters. The molecule has 2 heterocycles. The predicted molar refractivity (Wildman–Crippen MR) is 139 cm³/mol. The van der Waals surface area contributed by atoms with Crippen LogP contribution in [0.5, 0.6) is 5.75 Å². The topological polar surface area (TPSA) is 77.6 Å². The fourth-order valence-corrected chi connectivity index (χ4v) is 5.08. The van der Waals surface area contributed by atoms with E-state index in [0.717, 1.165) is 50.9 Å². The van der Waals surface area contributed by atoms with Crippen LogP contribution in [0.25, 0.3) is 22.0 Å². The molecule has 2 aromatic carbocycles. The number of fused-ring (bicyclic) bond motifs is 1. The van der Waals surface area contributed by atoms with Gasteiger partial charge in [-0.15, -0.1) is 0 Å². The zero-order chi connectivity index (χ0) is 24.9. The van der Waals surface area contributed by atoms with E-state index in [1.165, 1.54) is 6.07 Å². The summed E-state index contributed by atoms with van der Waals surface area (Å²) >= 11 is 0. The molecule has 0 radical (unpaired) electrons. The van der Waals surface area contributed by atoms with Crippen molar-refractivity contribution in [2.45, 2.75) is 57.9 Å². The molecule has 1 fully saturated rings. The lowest BCUT2D eigenvalue weighted by Crippen LogP contribution is -2.24. The van der Waals surface area contributed by atoms with Crippen LogP contribution in [0.15, 0.2) is 47.4 Å². The van der Waals surface area contributed by atoms with Crippen LogP contribution in [0, 0.1) is 5.82 Å². The molecule has 0 spiro atoms. The standard InChI is InChI=1S/C28H34FN3O3/c1-3-4-7-20(10-15-25(30)33)32-18-22(19-8-11-21(35-2)12-9-19)28(34)26-23(29)13-14-24(27(26)32)31-16-5-6-17-31/h8-9,11-14,18,20H,3-7,10,15-17H2,1-2H3,(H2,30,33). The molecule has 6 nitrogen and oxygen atoms in total. The third-order valence-electron chi connectivity index (χ3n) is 6.96. The number of rotatable bonds is 10. The molecule has 1 aromatic heterocycles. The number of primary amides is 1. The number of methoxy groups -OCH3 is 1. The van der Waals surface area contributed by atoms with E-state index < -0.39 is 5.82 Å². The van der Waals surface area contributed by atoms with Gasteiger partial charge in [-0.1, -0.05) is 31.9 Å². The Bertz CT molecular complexity index is 1250. The van der Waals surface area contributed by atoms with E-state index in [0.29, 0.717) is 28.8 Å². The van der Waals surface area contributed by atoms with Gasteiger partial charge in [0.2, 0.25) is 5.91 Å². The zero-order valence-electron chi connectivity index (χ0n) is 20.6. The number of pyridine rings is 1. The fraction of sp³-hybridized carbons (Fsp3) is 0.429. The lowest BCUT2D eigenvalue weighted by Gasteiger charge is -2.28. The van der Waals surface area contributed by atoms with Crippen molar-refractivity contribution in [2.75, 3.05) is 25.1 Å². The first-order valence-corrected chi connectivity index (χ1v) is 12.5.